The van der Waals surface area contributed by atoms with Crippen LogP contribution in [0.1, 0.15) is 12.8 Å². The Kier molecular flexibility index (Phi) is 3.18. The van der Waals surface area contributed by atoms with Gasteiger partial charge >= 0.3 is 5.97 Å². The second-order valence-corrected chi connectivity index (χ2v) is 4.91. The van der Waals surface area contributed by atoms with Gasteiger partial charge in [0.1, 0.15) is 17.6 Å². The molecular weight excluding hydrogens is 256 g/mol. The fraction of sp³-hybridized carbons (Fsp3) is 0.333. The summed E-state index contributed by atoms with van der Waals surface area (Å²) < 4.78 is 4.86. The Bertz CT molecular complexity index is 657. The molecule has 1 unspecified atom stereocenters. The summed E-state index contributed by atoms with van der Waals surface area (Å²) in [4.78, 5) is 18.2. The van der Waals surface area contributed by atoms with Crippen molar-refractivity contribution in [1.82, 2.24) is 4.98 Å². The second-order valence-electron chi connectivity index (χ2n) is 4.91. The zero-order valence-electron chi connectivity index (χ0n) is 11.2. The average Bonchev–Trinajstić information content (AvgIpc) is 2.95. The van der Waals surface area contributed by atoms with E-state index in [2.05, 4.69) is 4.98 Å². The molecule has 2 heterocycles. The van der Waals surface area contributed by atoms with Crippen LogP contribution in [0.3, 0.4) is 0 Å². The molecule has 1 aliphatic heterocycles. The van der Waals surface area contributed by atoms with Gasteiger partial charge in [0.25, 0.3) is 0 Å². The third kappa shape index (κ3) is 2.05. The van der Waals surface area contributed by atoms with E-state index in [9.17, 15) is 9.90 Å². The molecule has 0 saturated carbocycles. The van der Waals surface area contributed by atoms with Gasteiger partial charge in [-0.25, -0.2) is 9.78 Å². The van der Waals surface area contributed by atoms with E-state index in [4.69, 9.17) is 4.74 Å². The number of methoxy groups -OCH3 is 1. The molecule has 1 saturated heterocycles. The van der Waals surface area contributed by atoms with E-state index in [0.29, 0.717) is 0 Å². The van der Waals surface area contributed by atoms with Crippen LogP contribution in [0.15, 0.2) is 30.5 Å². The Morgan fingerprint density at radius 3 is 3.10 bits per heavy atom. The van der Waals surface area contributed by atoms with Crippen LogP contribution in [0, 0.1) is 0 Å². The molecule has 1 aromatic carbocycles. The van der Waals surface area contributed by atoms with Gasteiger partial charge in [-0.1, -0.05) is 6.07 Å². The number of anilines is 1. The predicted molar refractivity (Wildman–Crippen MR) is 75.8 cm³/mol. The first kappa shape index (κ1) is 12.7. The lowest BCUT2D eigenvalue weighted by molar-refractivity contribution is -0.141. The number of esters is 1. The number of benzene rings is 1. The second kappa shape index (κ2) is 5.00. The third-order valence-corrected chi connectivity index (χ3v) is 3.73. The predicted octanol–water partition coefficient (Wildman–Crippen LogP) is 2.08. The van der Waals surface area contributed by atoms with Gasteiger partial charge in [0.15, 0.2) is 0 Å². The topological polar surface area (TPSA) is 62.7 Å². The van der Waals surface area contributed by atoms with E-state index < -0.39 is 0 Å². The Hall–Kier alpha value is -2.30. The number of carbonyl (C=O) groups is 1. The third-order valence-electron chi connectivity index (χ3n) is 3.73. The van der Waals surface area contributed by atoms with Crippen LogP contribution in [0.25, 0.3) is 10.8 Å². The van der Waals surface area contributed by atoms with Crippen LogP contribution in [0.5, 0.6) is 5.75 Å². The molecular formula is C15H16N2O3. The molecule has 1 N–H and O–H groups in total. The van der Waals surface area contributed by atoms with Gasteiger partial charge in [0, 0.05) is 18.1 Å². The van der Waals surface area contributed by atoms with E-state index in [-0.39, 0.29) is 17.8 Å². The molecule has 0 amide bonds. The van der Waals surface area contributed by atoms with Gasteiger partial charge in [-0.15, -0.1) is 0 Å². The highest BCUT2D eigenvalue weighted by atomic mass is 16.5. The van der Waals surface area contributed by atoms with Gasteiger partial charge in [0.05, 0.1) is 7.11 Å². The number of hydrogen-bond donors (Lipinski definition) is 1. The van der Waals surface area contributed by atoms with Crippen LogP contribution in [-0.2, 0) is 9.53 Å². The fourth-order valence-electron chi connectivity index (χ4n) is 2.77. The Balaban J connectivity index is 2.09. The zero-order chi connectivity index (χ0) is 14.1. The number of rotatable bonds is 2. The molecule has 0 radical (unpaired) electrons. The molecule has 104 valence electrons. The largest absolute Gasteiger partial charge is 0.508 e. The number of phenolic OH excluding ortho intramolecular Hbond substituents is 1. The first-order valence-corrected chi connectivity index (χ1v) is 6.63. The van der Waals surface area contributed by atoms with Gasteiger partial charge in [-0.2, -0.15) is 0 Å². The van der Waals surface area contributed by atoms with Crippen LogP contribution >= 0.6 is 0 Å². The molecule has 1 atom stereocenters. The molecule has 0 spiro atoms. The summed E-state index contributed by atoms with van der Waals surface area (Å²) >= 11 is 0. The number of aromatic hydroxyl groups is 1. The Labute approximate surface area is 116 Å². The molecule has 0 bridgehead atoms. The standard InChI is InChI=1S/C15H16N2O3/c1-20-15(19)13-3-2-8-17(13)14-12-9-11(18)5-4-10(12)6-7-16-14/h4-7,9,13,18H,2-3,8H2,1H3. The molecule has 20 heavy (non-hydrogen) atoms. The minimum absolute atomic E-state index is 0.195. The van der Waals surface area contributed by atoms with Gasteiger partial charge in [-0.3, -0.25) is 0 Å². The molecule has 2 aromatic rings. The van der Waals surface area contributed by atoms with E-state index in [1.54, 1.807) is 18.3 Å². The number of phenols is 1. The Morgan fingerprint density at radius 2 is 2.30 bits per heavy atom. The minimum Gasteiger partial charge on any atom is -0.508 e. The van der Waals surface area contributed by atoms with Crippen LogP contribution in [0.2, 0.25) is 0 Å². The normalized spacial score (nSPS) is 18.4. The van der Waals surface area contributed by atoms with E-state index >= 15 is 0 Å². The first-order chi connectivity index (χ1) is 9.70. The number of hydrogen-bond acceptors (Lipinski definition) is 5. The van der Waals surface area contributed by atoms with Crippen molar-refractivity contribution in [2.75, 3.05) is 18.6 Å². The summed E-state index contributed by atoms with van der Waals surface area (Å²) in [6.45, 7) is 0.765. The average molecular weight is 272 g/mol. The first-order valence-electron chi connectivity index (χ1n) is 6.63. The highest BCUT2D eigenvalue weighted by molar-refractivity contribution is 5.95. The summed E-state index contributed by atoms with van der Waals surface area (Å²) in [5.41, 5.74) is 0. The monoisotopic (exact) mass is 272 g/mol. The molecule has 1 aromatic heterocycles. The lowest BCUT2D eigenvalue weighted by atomic mass is 10.1. The molecule has 0 aliphatic carbocycles. The number of fused-ring (bicyclic) bond motifs is 1. The van der Waals surface area contributed by atoms with E-state index in [1.807, 2.05) is 17.0 Å². The number of carbonyl (C=O) groups excluding carboxylic acids is 1. The maximum absolute atomic E-state index is 11.9. The van der Waals surface area contributed by atoms with Crippen molar-refractivity contribution in [2.45, 2.75) is 18.9 Å². The minimum atomic E-state index is -0.291. The lowest BCUT2D eigenvalue weighted by Gasteiger charge is -2.24. The van der Waals surface area contributed by atoms with Crippen LogP contribution in [0.4, 0.5) is 5.82 Å². The zero-order valence-corrected chi connectivity index (χ0v) is 11.2. The van der Waals surface area contributed by atoms with Crippen LogP contribution in [-0.4, -0.2) is 35.8 Å². The maximum Gasteiger partial charge on any atom is 0.328 e. The van der Waals surface area contributed by atoms with Crippen molar-refractivity contribution >= 4 is 22.6 Å². The Morgan fingerprint density at radius 1 is 1.45 bits per heavy atom. The maximum atomic E-state index is 11.9. The number of aromatic nitrogens is 1. The van der Waals surface area contributed by atoms with E-state index in [0.717, 1.165) is 36.0 Å². The van der Waals surface area contributed by atoms with Gasteiger partial charge in [-0.05, 0) is 36.4 Å². The van der Waals surface area contributed by atoms with Crippen molar-refractivity contribution in [3.63, 3.8) is 0 Å². The summed E-state index contributed by atoms with van der Waals surface area (Å²) in [6, 6.07) is 6.78. The van der Waals surface area contributed by atoms with Gasteiger partial charge in [0.2, 0.25) is 0 Å². The number of ether oxygens (including phenoxy) is 1. The fourth-order valence-corrected chi connectivity index (χ4v) is 2.77. The highest BCUT2D eigenvalue weighted by Crippen LogP contribution is 2.32. The molecule has 3 rings (SSSR count). The van der Waals surface area contributed by atoms with Crippen molar-refractivity contribution < 1.29 is 14.6 Å². The molecule has 1 fully saturated rings. The highest BCUT2D eigenvalue weighted by Gasteiger charge is 2.33. The van der Waals surface area contributed by atoms with E-state index in [1.165, 1.54) is 7.11 Å². The smallest absolute Gasteiger partial charge is 0.328 e. The SMILES string of the molecule is COC(=O)C1CCCN1c1nccc2ccc(O)cc12. The van der Waals surface area contributed by atoms with Crippen molar-refractivity contribution in [1.29, 1.82) is 0 Å². The van der Waals surface area contributed by atoms with Gasteiger partial charge < -0.3 is 14.7 Å². The number of nitrogens with zero attached hydrogens (tertiary/aromatic N) is 2. The molecule has 5 nitrogen and oxygen atoms in total. The lowest BCUT2D eigenvalue weighted by Crippen LogP contribution is -2.37. The van der Waals surface area contributed by atoms with Crippen molar-refractivity contribution in [3.05, 3.63) is 30.5 Å². The molecule has 5 heteroatoms. The quantitative estimate of drug-likeness (QED) is 0.848. The summed E-state index contributed by atoms with van der Waals surface area (Å²) in [5, 5.41) is 11.5. The van der Waals surface area contributed by atoms with Crippen molar-refractivity contribution in [3.8, 4) is 5.75 Å². The van der Waals surface area contributed by atoms with Crippen molar-refractivity contribution in [2.24, 2.45) is 0 Å². The number of pyridine rings is 1. The summed E-state index contributed by atoms with van der Waals surface area (Å²) in [7, 11) is 1.40. The summed E-state index contributed by atoms with van der Waals surface area (Å²) in [6.07, 6.45) is 3.42. The molecule has 1 aliphatic rings. The summed E-state index contributed by atoms with van der Waals surface area (Å²) in [5.74, 6) is 0.688. The van der Waals surface area contributed by atoms with Crippen LogP contribution < -0.4 is 4.90 Å².